The van der Waals surface area contributed by atoms with Gasteiger partial charge in [-0.05, 0) is 82.0 Å². The second-order valence-corrected chi connectivity index (χ2v) is 10.5. The molecule has 1 saturated carbocycles. The summed E-state index contributed by atoms with van der Waals surface area (Å²) in [7, 11) is 3.25. The van der Waals surface area contributed by atoms with E-state index in [1.807, 2.05) is 6.07 Å². The van der Waals surface area contributed by atoms with Gasteiger partial charge >= 0.3 is 12.2 Å². The van der Waals surface area contributed by atoms with Crippen molar-refractivity contribution in [1.82, 2.24) is 10.2 Å². The van der Waals surface area contributed by atoms with E-state index >= 15 is 0 Å². The first-order valence-electron chi connectivity index (χ1n) is 12.4. The van der Waals surface area contributed by atoms with Gasteiger partial charge in [0, 0.05) is 29.2 Å². The smallest absolute Gasteiger partial charge is 0.417 e. The van der Waals surface area contributed by atoms with Crippen molar-refractivity contribution in [3.63, 3.8) is 0 Å². The van der Waals surface area contributed by atoms with Crippen LogP contribution in [-0.4, -0.2) is 49.8 Å². The predicted octanol–water partition coefficient (Wildman–Crippen LogP) is 6.47. The van der Waals surface area contributed by atoms with Gasteiger partial charge in [0.05, 0.1) is 24.8 Å². The molecular formula is C27H33ClF3N3O3. The number of halogens is 4. The standard InChI is InChI=1S/C27H33ClF3N3O3/c1-16(2)34-12-11-26(17-5-8-22(36-3)23(13-17)37-4)10-9-19(15-24(26)34)33-25(35)32-18-6-7-20(21(28)14-18)27(29,30)31/h5-8,13-14,16,19,24H,9-12,15H2,1-4H3,(H2,32,33,35)/t19-,24+,26-/m0/s1. The SMILES string of the molecule is COc1ccc([C@@]23CC[C@H](NC(=O)Nc4ccc(C(F)(F)F)c(Cl)c4)C[C@H]2N(C(C)C)CC3)cc1OC. The van der Waals surface area contributed by atoms with E-state index in [1.165, 1.54) is 11.6 Å². The number of methoxy groups -OCH3 is 2. The fourth-order valence-corrected chi connectivity index (χ4v) is 6.28. The van der Waals surface area contributed by atoms with E-state index in [-0.39, 0.29) is 23.2 Å². The van der Waals surface area contributed by atoms with Crippen molar-refractivity contribution in [2.45, 2.75) is 69.2 Å². The van der Waals surface area contributed by atoms with E-state index in [1.54, 1.807) is 14.2 Å². The van der Waals surface area contributed by atoms with Crippen molar-refractivity contribution in [3.05, 3.63) is 52.5 Å². The molecule has 3 atom stereocenters. The third-order valence-electron chi connectivity index (χ3n) is 7.79. The molecule has 1 aliphatic carbocycles. The molecule has 2 N–H and O–H groups in total. The molecular weight excluding hydrogens is 507 g/mol. The summed E-state index contributed by atoms with van der Waals surface area (Å²) < 4.78 is 49.9. The maximum absolute atomic E-state index is 13.0. The monoisotopic (exact) mass is 539 g/mol. The van der Waals surface area contributed by atoms with E-state index in [0.29, 0.717) is 17.5 Å². The Kier molecular flexibility index (Phi) is 7.85. The lowest BCUT2D eigenvalue weighted by molar-refractivity contribution is -0.137. The molecule has 6 nitrogen and oxygen atoms in total. The topological polar surface area (TPSA) is 62.8 Å². The molecule has 202 valence electrons. The van der Waals surface area contributed by atoms with E-state index in [9.17, 15) is 18.0 Å². The molecule has 0 spiro atoms. The molecule has 37 heavy (non-hydrogen) atoms. The number of hydrogen-bond acceptors (Lipinski definition) is 4. The first-order valence-corrected chi connectivity index (χ1v) is 12.8. The number of nitrogens with one attached hydrogen (secondary N) is 2. The molecule has 1 saturated heterocycles. The van der Waals surface area contributed by atoms with Gasteiger partial charge in [-0.1, -0.05) is 17.7 Å². The number of carbonyl (C=O) groups excluding carboxylic acids is 1. The number of carbonyl (C=O) groups is 1. The van der Waals surface area contributed by atoms with E-state index in [2.05, 4.69) is 41.5 Å². The Hall–Kier alpha value is -2.65. The largest absolute Gasteiger partial charge is 0.493 e. The summed E-state index contributed by atoms with van der Waals surface area (Å²) in [5, 5.41) is 5.19. The molecule has 1 aliphatic heterocycles. The third-order valence-corrected chi connectivity index (χ3v) is 8.10. The van der Waals surface area contributed by atoms with Gasteiger partial charge in [0.25, 0.3) is 0 Å². The second kappa shape index (κ2) is 10.6. The van der Waals surface area contributed by atoms with Gasteiger partial charge in [-0.2, -0.15) is 13.2 Å². The van der Waals surface area contributed by atoms with Crippen LogP contribution in [0.5, 0.6) is 11.5 Å². The van der Waals surface area contributed by atoms with Crippen LogP contribution in [-0.2, 0) is 11.6 Å². The average molecular weight is 540 g/mol. The van der Waals surface area contributed by atoms with Gasteiger partial charge in [-0.3, -0.25) is 4.90 Å². The minimum Gasteiger partial charge on any atom is -0.493 e. The number of benzene rings is 2. The Bertz CT molecular complexity index is 1140. The summed E-state index contributed by atoms with van der Waals surface area (Å²) >= 11 is 5.80. The van der Waals surface area contributed by atoms with Gasteiger partial charge in [0.2, 0.25) is 0 Å². The maximum atomic E-state index is 13.0. The summed E-state index contributed by atoms with van der Waals surface area (Å²) in [6.07, 6.45) is -1.13. The van der Waals surface area contributed by atoms with Crippen LogP contribution in [0.1, 0.15) is 50.7 Å². The highest BCUT2D eigenvalue weighted by Gasteiger charge is 2.52. The Morgan fingerprint density at radius 3 is 2.46 bits per heavy atom. The summed E-state index contributed by atoms with van der Waals surface area (Å²) in [5.74, 6) is 1.39. The van der Waals surface area contributed by atoms with E-state index < -0.39 is 22.8 Å². The lowest BCUT2D eigenvalue weighted by Gasteiger charge is -2.46. The molecule has 4 rings (SSSR count). The zero-order chi connectivity index (χ0) is 27.0. The van der Waals surface area contributed by atoms with Gasteiger partial charge in [0.1, 0.15) is 0 Å². The summed E-state index contributed by atoms with van der Waals surface area (Å²) in [6, 6.07) is 9.34. The number of nitrogens with zero attached hydrogens (tertiary/aromatic N) is 1. The maximum Gasteiger partial charge on any atom is 0.417 e. The van der Waals surface area contributed by atoms with Crippen LogP contribution in [0, 0.1) is 0 Å². The lowest BCUT2D eigenvalue weighted by atomic mass is 9.65. The van der Waals surface area contributed by atoms with Crippen LogP contribution in [0.2, 0.25) is 5.02 Å². The molecule has 2 aromatic carbocycles. The number of likely N-dealkylation sites (tertiary alicyclic amines) is 1. The van der Waals surface area contributed by atoms with Crippen molar-refractivity contribution < 1.29 is 27.4 Å². The Labute approximate surface area is 220 Å². The summed E-state index contributed by atoms with van der Waals surface area (Å²) in [6.45, 7) is 5.32. The Morgan fingerprint density at radius 2 is 1.84 bits per heavy atom. The van der Waals surface area contributed by atoms with Crippen LogP contribution in [0.4, 0.5) is 23.7 Å². The normalized spacial score (nSPS) is 24.0. The van der Waals surface area contributed by atoms with Crippen molar-refractivity contribution in [2.75, 3.05) is 26.1 Å². The molecule has 0 unspecified atom stereocenters. The van der Waals surface area contributed by atoms with Gasteiger partial charge in [-0.15, -0.1) is 0 Å². The highest BCUT2D eigenvalue weighted by molar-refractivity contribution is 6.31. The van der Waals surface area contributed by atoms with Crippen molar-refractivity contribution in [3.8, 4) is 11.5 Å². The second-order valence-electron chi connectivity index (χ2n) is 10.1. The van der Waals surface area contributed by atoms with Crippen LogP contribution in [0.15, 0.2) is 36.4 Å². The predicted molar refractivity (Wildman–Crippen MR) is 138 cm³/mol. The van der Waals surface area contributed by atoms with Crippen molar-refractivity contribution >= 4 is 23.3 Å². The summed E-state index contributed by atoms with van der Waals surface area (Å²) in [5.41, 5.74) is 0.407. The van der Waals surface area contributed by atoms with Crippen molar-refractivity contribution in [2.24, 2.45) is 0 Å². The highest BCUT2D eigenvalue weighted by atomic mass is 35.5. The number of alkyl halides is 3. The zero-order valence-electron chi connectivity index (χ0n) is 21.4. The number of ether oxygens (including phenoxy) is 2. The van der Waals surface area contributed by atoms with Crippen LogP contribution in [0.25, 0.3) is 0 Å². The Balaban J connectivity index is 1.50. The molecule has 10 heteroatoms. The highest BCUT2D eigenvalue weighted by Crippen LogP contribution is 2.51. The fraction of sp³-hybridized carbons (Fsp3) is 0.519. The number of rotatable bonds is 6. The quantitative estimate of drug-likeness (QED) is 0.441. The van der Waals surface area contributed by atoms with Crippen LogP contribution >= 0.6 is 11.6 Å². The number of amides is 2. The van der Waals surface area contributed by atoms with Gasteiger partial charge in [-0.25, -0.2) is 4.79 Å². The minimum atomic E-state index is -4.55. The van der Waals surface area contributed by atoms with Gasteiger partial charge < -0.3 is 20.1 Å². The average Bonchev–Trinajstić information content (AvgIpc) is 3.23. The van der Waals surface area contributed by atoms with Crippen molar-refractivity contribution in [1.29, 1.82) is 0 Å². The third kappa shape index (κ3) is 5.48. The summed E-state index contributed by atoms with van der Waals surface area (Å²) in [4.78, 5) is 15.3. The van der Waals surface area contributed by atoms with E-state index in [4.69, 9.17) is 21.1 Å². The molecule has 2 fully saturated rings. The molecule has 0 bridgehead atoms. The number of hydrogen-bond donors (Lipinski definition) is 2. The molecule has 2 amide bonds. The number of anilines is 1. The number of urea groups is 1. The van der Waals surface area contributed by atoms with Crippen LogP contribution in [0.3, 0.4) is 0 Å². The molecule has 0 aromatic heterocycles. The van der Waals surface area contributed by atoms with Gasteiger partial charge in [0.15, 0.2) is 11.5 Å². The first kappa shape index (κ1) is 27.4. The van der Waals surface area contributed by atoms with Crippen LogP contribution < -0.4 is 20.1 Å². The molecule has 0 radical (unpaired) electrons. The lowest BCUT2D eigenvalue weighted by Crippen LogP contribution is -2.54. The molecule has 2 aliphatic rings. The van der Waals surface area contributed by atoms with E-state index in [0.717, 1.165) is 44.4 Å². The zero-order valence-corrected chi connectivity index (χ0v) is 22.2. The fourth-order valence-electron chi connectivity index (χ4n) is 5.99. The molecule has 1 heterocycles. The Morgan fingerprint density at radius 1 is 1.11 bits per heavy atom. The number of fused-ring (bicyclic) bond motifs is 1. The minimum absolute atomic E-state index is 0.0700. The first-order chi connectivity index (χ1) is 17.5. The molecule has 2 aromatic rings.